The van der Waals surface area contributed by atoms with Gasteiger partial charge in [0, 0.05) is 39.7 Å². The predicted octanol–water partition coefficient (Wildman–Crippen LogP) is 3.63. The Bertz CT molecular complexity index is 785. The van der Waals surface area contributed by atoms with Gasteiger partial charge < -0.3 is 20.3 Å². The molecule has 1 heterocycles. The molecule has 3 rings (SSSR count). The number of nitrogens with one attached hydrogen (secondary N) is 2. The monoisotopic (exact) mass is 550 g/mol. The zero-order chi connectivity index (χ0) is 21.9. The van der Waals surface area contributed by atoms with Gasteiger partial charge in [0.05, 0.1) is 6.10 Å². The third-order valence-electron chi connectivity index (χ3n) is 5.52. The summed E-state index contributed by atoms with van der Waals surface area (Å²) < 4.78 is 5.71. The minimum atomic E-state index is -0.0235. The Balaban J connectivity index is 0.00000363. The number of hydrogen-bond acceptors (Lipinski definition) is 3. The van der Waals surface area contributed by atoms with Gasteiger partial charge in [-0.3, -0.25) is 4.79 Å². The maximum Gasteiger partial charge on any atom is 0.243 e. The van der Waals surface area contributed by atoms with Crippen molar-refractivity contribution in [1.82, 2.24) is 15.5 Å². The van der Waals surface area contributed by atoms with E-state index in [1.807, 2.05) is 12.1 Å². The number of carbonyl (C=O) groups is 1. The molecule has 1 unspecified atom stereocenters. The lowest BCUT2D eigenvalue weighted by molar-refractivity contribution is -0.127. The second kappa shape index (κ2) is 14.1. The Morgan fingerprint density at radius 3 is 2.22 bits per heavy atom. The molecule has 1 saturated heterocycles. The van der Waals surface area contributed by atoms with Crippen molar-refractivity contribution in [1.29, 1.82) is 0 Å². The highest BCUT2D eigenvalue weighted by molar-refractivity contribution is 14.0. The number of likely N-dealkylation sites (N-methyl/N-ethyl adjacent to an activating group) is 1. The van der Waals surface area contributed by atoms with E-state index in [1.165, 1.54) is 11.1 Å². The summed E-state index contributed by atoms with van der Waals surface area (Å²) >= 11 is 0. The van der Waals surface area contributed by atoms with E-state index in [-0.39, 0.29) is 48.5 Å². The summed E-state index contributed by atoms with van der Waals surface area (Å²) in [4.78, 5) is 18.1. The van der Waals surface area contributed by atoms with Gasteiger partial charge in [-0.05, 0) is 30.4 Å². The highest BCUT2D eigenvalue weighted by atomic mass is 127. The van der Waals surface area contributed by atoms with Crippen molar-refractivity contribution in [2.45, 2.75) is 31.3 Å². The van der Waals surface area contributed by atoms with Crippen LogP contribution in [0.25, 0.3) is 0 Å². The van der Waals surface area contributed by atoms with Crippen LogP contribution in [0.4, 0.5) is 0 Å². The molecule has 0 spiro atoms. The number of hydrogen-bond donors (Lipinski definition) is 2. The number of halogens is 1. The number of ether oxygens (including phenoxy) is 1. The standard InChI is InChI=1S/C25H34N4O2.HI/c1-29(2)24(30)19-28-25(27-18-22-14-9-17-31-22)26-16-15-23(20-10-5-3-6-11-20)21-12-7-4-8-13-21;/h3-8,10-13,22-23H,9,14-19H2,1-2H3,(H2,26,27,28);1H. The zero-order valence-electron chi connectivity index (χ0n) is 19.0. The molecule has 0 saturated carbocycles. The summed E-state index contributed by atoms with van der Waals surface area (Å²) in [7, 11) is 3.49. The average Bonchev–Trinajstić information content (AvgIpc) is 3.32. The lowest BCUT2D eigenvalue weighted by atomic mass is 9.88. The topological polar surface area (TPSA) is 66.0 Å². The minimum absolute atomic E-state index is 0. The van der Waals surface area contributed by atoms with Crippen LogP contribution < -0.4 is 10.6 Å². The van der Waals surface area contributed by atoms with Crippen LogP contribution in [0.15, 0.2) is 65.7 Å². The molecule has 2 aromatic rings. The second-order valence-corrected chi connectivity index (χ2v) is 8.06. The third kappa shape index (κ3) is 8.43. The van der Waals surface area contributed by atoms with Gasteiger partial charge in [0.2, 0.25) is 5.91 Å². The maximum absolute atomic E-state index is 12.0. The first-order valence-electron chi connectivity index (χ1n) is 11.1. The SMILES string of the molecule is CN(C)C(=O)CN=C(NCCC(c1ccccc1)c1ccccc1)NCC1CCCO1.I. The molecular formula is C25H35IN4O2. The molecule has 0 aliphatic carbocycles. The van der Waals surface area contributed by atoms with E-state index in [1.54, 1.807) is 19.0 Å². The second-order valence-electron chi connectivity index (χ2n) is 8.06. The fourth-order valence-electron chi connectivity index (χ4n) is 3.71. The average molecular weight is 550 g/mol. The van der Waals surface area contributed by atoms with E-state index in [2.05, 4.69) is 64.2 Å². The first-order valence-corrected chi connectivity index (χ1v) is 11.1. The quantitative estimate of drug-likeness (QED) is 0.285. The highest BCUT2D eigenvalue weighted by Gasteiger charge is 2.17. The van der Waals surface area contributed by atoms with Crippen LogP contribution in [0.5, 0.6) is 0 Å². The van der Waals surface area contributed by atoms with Gasteiger partial charge in [0.25, 0.3) is 0 Å². The van der Waals surface area contributed by atoms with E-state index in [4.69, 9.17) is 4.74 Å². The Morgan fingerprint density at radius 1 is 1.06 bits per heavy atom. The number of nitrogens with zero attached hydrogens (tertiary/aromatic N) is 2. The molecule has 2 N–H and O–H groups in total. The van der Waals surface area contributed by atoms with Gasteiger partial charge >= 0.3 is 0 Å². The van der Waals surface area contributed by atoms with Crippen LogP contribution in [0, 0.1) is 0 Å². The van der Waals surface area contributed by atoms with Crippen LogP contribution >= 0.6 is 24.0 Å². The Labute approximate surface area is 208 Å². The van der Waals surface area contributed by atoms with E-state index < -0.39 is 0 Å². The van der Waals surface area contributed by atoms with Gasteiger partial charge in [-0.25, -0.2) is 4.99 Å². The van der Waals surface area contributed by atoms with Crippen LogP contribution in [0.2, 0.25) is 0 Å². The van der Waals surface area contributed by atoms with Gasteiger partial charge in [0.1, 0.15) is 6.54 Å². The number of guanidine groups is 1. The van der Waals surface area contributed by atoms with Crippen molar-refractivity contribution in [2.24, 2.45) is 4.99 Å². The zero-order valence-corrected chi connectivity index (χ0v) is 21.3. The van der Waals surface area contributed by atoms with Gasteiger partial charge in [0.15, 0.2) is 5.96 Å². The van der Waals surface area contributed by atoms with Crippen molar-refractivity contribution in [3.63, 3.8) is 0 Å². The molecule has 0 aromatic heterocycles. The molecule has 6 nitrogen and oxygen atoms in total. The van der Waals surface area contributed by atoms with E-state index in [0.29, 0.717) is 12.5 Å². The van der Waals surface area contributed by atoms with Crippen molar-refractivity contribution in [2.75, 3.05) is 40.3 Å². The van der Waals surface area contributed by atoms with Crippen LogP contribution in [0.3, 0.4) is 0 Å². The van der Waals surface area contributed by atoms with E-state index in [9.17, 15) is 4.79 Å². The van der Waals surface area contributed by atoms with Crippen molar-refractivity contribution < 1.29 is 9.53 Å². The molecule has 7 heteroatoms. The van der Waals surface area contributed by atoms with E-state index in [0.717, 1.165) is 32.4 Å². The summed E-state index contributed by atoms with van der Waals surface area (Å²) in [6.45, 7) is 2.38. The molecule has 1 atom stereocenters. The van der Waals surface area contributed by atoms with Crippen molar-refractivity contribution in [3.8, 4) is 0 Å². The van der Waals surface area contributed by atoms with Crippen molar-refractivity contribution in [3.05, 3.63) is 71.8 Å². The fraction of sp³-hybridized carbons (Fsp3) is 0.440. The first kappa shape index (κ1) is 26.1. The van der Waals surface area contributed by atoms with Crippen LogP contribution in [-0.2, 0) is 9.53 Å². The number of amides is 1. The Hall–Kier alpha value is -2.13. The molecular weight excluding hydrogens is 515 g/mol. The summed E-state index contributed by atoms with van der Waals surface area (Å²) in [6.07, 6.45) is 3.27. The molecule has 1 aliphatic heterocycles. The van der Waals surface area contributed by atoms with Crippen LogP contribution in [-0.4, -0.2) is 63.2 Å². The summed E-state index contributed by atoms with van der Waals surface area (Å²) in [5, 5.41) is 6.77. The molecule has 1 fully saturated rings. The molecule has 1 aliphatic rings. The maximum atomic E-state index is 12.0. The van der Waals surface area contributed by atoms with Gasteiger partial charge in [-0.15, -0.1) is 24.0 Å². The summed E-state index contributed by atoms with van der Waals surface area (Å²) in [5.41, 5.74) is 2.59. The minimum Gasteiger partial charge on any atom is -0.376 e. The lowest BCUT2D eigenvalue weighted by Crippen LogP contribution is -2.42. The Kier molecular flexibility index (Phi) is 11.5. The van der Waals surface area contributed by atoms with Gasteiger partial charge in [-0.1, -0.05) is 60.7 Å². The molecule has 174 valence electrons. The number of aliphatic imine (C=N–C) groups is 1. The van der Waals surface area contributed by atoms with Crippen molar-refractivity contribution >= 4 is 35.8 Å². The fourth-order valence-corrected chi connectivity index (χ4v) is 3.71. The molecule has 1 amide bonds. The summed E-state index contributed by atoms with van der Waals surface area (Å²) in [5.74, 6) is 0.924. The van der Waals surface area contributed by atoms with Gasteiger partial charge in [-0.2, -0.15) is 0 Å². The lowest BCUT2D eigenvalue weighted by Gasteiger charge is -2.20. The Morgan fingerprint density at radius 2 is 1.69 bits per heavy atom. The number of carbonyl (C=O) groups excluding carboxylic acids is 1. The predicted molar refractivity (Wildman–Crippen MR) is 141 cm³/mol. The number of rotatable bonds is 9. The smallest absolute Gasteiger partial charge is 0.243 e. The van der Waals surface area contributed by atoms with E-state index >= 15 is 0 Å². The van der Waals surface area contributed by atoms with Crippen LogP contribution in [0.1, 0.15) is 36.3 Å². The molecule has 2 aromatic carbocycles. The molecule has 0 radical (unpaired) electrons. The molecule has 32 heavy (non-hydrogen) atoms. The molecule has 0 bridgehead atoms. The number of benzene rings is 2. The highest BCUT2D eigenvalue weighted by Crippen LogP contribution is 2.27. The third-order valence-corrected chi connectivity index (χ3v) is 5.52. The first-order chi connectivity index (χ1) is 15.1. The normalized spacial score (nSPS) is 15.8. The summed E-state index contributed by atoms with van der Waals surface area (Å²) in [6, 6.07) is 21.1. The largest absolute Gasteiger partial charge is 0.376 e.